The number of pyridine rings is 1. The fourth-order valence-corrected chi connectivity index (χ4v) is 2.87. The number of ether oxygens (including phenoxy) is 2. The molecular formula is C23H23N7O2S2. The summed E-state index contributed by atoms with van der Waals surface area (Å²) in [6.07, 6.45) is 3.17. The maximum atomic E-state index is 5.95. The van der Waals surface area contributed by atoms with E-state index < -0.39 is 0 Å². The van der Waals surface area contributed by atoms with Crippen LogP contribution in [0.25, 0.3) is 0 Å². The predicted molar refractivity (Wildman–Crippen MR) is 141 cm³/mol. The Kier molecular flexibility index (Phi) is 9.26. The highest BCUT2D eigenvalue weighted by molar-refractivity contribution is 7.80. The first-order valence-electron chi connectivity index (χ1n) is 10.1. The minimum atomic E-state index is 0.0871. The summed E-state index contributed by atoms with van der Waals surface area (Å²) in [4.78, 5) is 4.62. The van der Waals surface area contributed by atoms with Crippen LogP contribution in [0.5, 0.6) is 11.5 Å². The summed E-state index contributed by atoms with van der Waals surface area (Å²) in [5, 5.41) is 8.13. The van der Waals surface area contributed by atoms with Gasteiger partial charge in [-0.25, -0.2) is 0 Å². The number of nitrogens with zero attached hydrogens (tertiary/aromatic N) is 3. The topological polar surface area (TPSA) is 132 Å². The van der Waals surface area contributed by atoms with Crippen LogP contribution in [0.2, 0.25) is 0 Å². The number of nitrogens with two attached hydrogens (primary N) is 2. The van der Waals surface area contributed by atoms with Crippen LogP contribution in [0.4, 0.5) is 0 Å². The van der Waals surface area contributed by atoms with Gasteiger partial charge in [0, 0.05) is 11.1 Å². The Morgan fingerprint density at radius 2 is 1.18 bits per heavy atom. The van der Waals surface area contributed by atoms with E-state index >= 15 is 0 Å². The predicted octanol–water partition coefficient (Wildman–Crippen LogP) is 2.57. The molecule has 0 aliphatic heterocycles. The van der Waals surface area contributed by atoms with Gasteiger partial charge in [0.15, 0.2) is 10.2 Å². The molecule has 174 valence electrons. The molecule has 6 N–H and O–H groups in total. The second-order valence-electron chi connectivity index (χ2n) is 6.74. The van der Waals surface area contributed by atoms with Crippen LogP contribution in [0, 0.1) is 0 Å². The summed E-state index contributed by atoms with van der Waals surface area (Å²) < 4.78 is 11.9. The monoisotopic (exact) mass is 493 g/mol. The second-order valence-corrected chi connectivity index (χ2v) is 7.62. The number of rotatable bonds is 10. The van der Waals surface area contributed by atoms with E-state index in [1.54, 1.807) is 12.4 Å². The average Bonchev–Trinajstić information content (AvgIpc) is 2.83. The first-order chi connectivity index (χ1) is 16.5. The third-order valence-electron chi connectivity index (χ3n) is 4.21. The molecule has 0 unspecified atom stereocenters. The molecule has 0 spiro atoms. The van der Waals surface area contributed by atoms with E-state index in [2.05, 4.69) is 26.0 Å². The third-order valence-corrected chi connectivity index (χ3v) is 4.39. The highest BCUT2D eigenvalue weighted by Gasteiger charge is 2.06. The Balaban J connectivity index is 1.62. The summed E-state index contributed by atoms with van der Waals surface area (Å²) in [5.74, 6) is 1.30. The summed E-state index contributed by atoms with van der Waals surface area (Å²) in [6.45, 7) is 0.546. The first-order valence-corrected chi connectivity index (χ1v) is 10.9. The molecular weight excluding hydrogens is 470 g/mol. The van der Waals surface area contributed by atoms with E-state index in [0.29, 0.717) is 11.5 Å². The van der Waals surface area contributed by atoms with E-state index in [4.69, 9.17) is 45.4 Å². The van der Waals surface area contributed by atoms with Crippen molar-refractivity contribution in [3.05, 3.63) is 89.2 Å². The van der Waals surface area contributed by atoms with Crippen LogP contribution in [-0.2, 0) is 13.2 Å². The number of benzene rings is 2. The summed E-state index contributed by atoms with van der Waals surface area (Å²) in [7, 11) is 0. The molecule has 34 heavy (non-hydrogen) atoms. The van der Waals surface area contributed by atoms with Gasteiger partial charge in [-0.2, -0.15) is 10.2 Å². The molecule has 0 amide bonds. The van der Waals surface area contributed by atoms with Gasteiger partial charge in [0.25, 0.3) is 0 Å². The number of thiocarbonyl (C=S) groups is 2. The maximum Gasteiger partial charge on any atom is 0.184 e. The molecule has 3 rings (SSSR count). The van der Waals surface area contributed by atoms with Gasteiger partial charge >= 0.3 is 0 Å². The van der Waals surface area contributed by atoms with E-state index in [0.717, 1.165) is 22.5 Å². The zero-order valence-corrected chi connectivity index (χ0v) is 19.7. The molecule has 3 aromatic rings. The summed E-state index contributed by atoms with van der Waals surface area (Å²) in [6, 6.07) is 20.6. The lowest BCUT2D eigenvalue weighted by Gasteiger charge is -2.11. The molecule has 0 saturated heterocycles. The smallest absolute Gasteiger partial charge is 0.184 e. The lowest BCUT2D eigenvalue weighted by Crippen LogP contribution is -2.24. The Labute approximate surface area is 207 Å². The number of hydrazone groups is 2. The van der Waals surface area contributed by atoms with Crippen LogP contribution in [0.3, 0.4) is 0 Å². The van der Waals surface area contributed by atoms with Crippen LogP contribution in [0.15, 0.2) is 76.9 Å². The number of hydrogen-bond acceptors (Lipinski definition) is 7. The number of hydrogen-bond donors (Lipinski definition) is 4. The van der Waals surface area contributed by atoms with E-state index in [9.17, 15) is 0 Å². The van der Waals surface area contributed by atoms with Crippen molar-refractivity contribution in [2.75, 3.05) is 0 Å². The molecule has 0 atom stereocenters. The van der Waals surface area contributed by atoms with Crippen LogP contribution >= 0.6 is 24.4 Å². The van der Waals surface area contributed by atoms with Crippen molar-refractivity contribution in [3.8, 4) is 11.5 Å². The van der Waals surface area contributed by atoms with Gasteiger partial charge in [0.2, 0.25) is 0 Å². The van der Waals surface area contributed by atoms with Crippen molar-refractivity contribution >= 4 is 47.1 Å². The van der Waals surface area contributed by atoms with Crippen molar-refractivity contribution in [3.63, 3.8) is 0 Å². The Morgan fingerprint density at radius 3 is 1.62 bits per heavy atom. The Bertz CT molecular complexity index is 1110. The fourth-order valence-electron chi connectivity index (χ4n) is 2.76. The largest absolute Gasteiger partial charge is 0.487 e. The SMILES string of the molecule is NC(=S)NN=Cc1ccccc1OCc1cccc(COc2ccccc2C=NNC(N)=S)n1. The van der Waals surface area contributed by atoms with Gasteiger partial charge in [-0.3, -0.25) is 15.8 Å². The Hall–Kier alpha value is -4.09. The van der Waals surface area contributed by atoms with Crippen LogP contribution < -0.4 is 31.8 Å². The van der Waals surface area contributed by atoms with Gasteiger partial charge in [-0.1, -0.05) is 30.3 Å². The minimum Gasteiger partial charge on any atom is -0.487 e. The van der Waals surface area contributed by atoms with Gasteiger partial charge in [0.05, 0.1) is 23.8 Å². The molecule has 0 aliphatic rings. The van der Waals surface area contributed by atoms with E-state index in [1.165, 1.54) is 0 Å². The van der Waals surface area contributed by atoms with Crippen molar-refractivity contribution in [1.29, 1.82) is 0 Å². The van der Waals surface area contributed by atoms with E-state index in [-0.39, 0.29) is 23.4 Å². The molecule has 0 radical (unpaired) electrons. The molecule has 1 aromatic heterocycles. The third kappa shape index (κ3) is 8.11. The van der Waals surface area contributed by atoms with Gasteiger partial charge < -0.3 is 20.9 Å². The van der Waals surface area contributed by atoms with Gasteiger partial charge in [-0.15, -0.1) is 0 Å². The lowest BCUT2D eigenvalue weighted by molar-refractivity contribution is 0.290. The van der Waals surface area contributed by atoms with Crippen molar-refractivity contribution in [2.24, 2.45) is 21.7 Å². The normalized spacial score (nSPS) is 10.8. The minimum absolute atomic E-state index is 0.0871. The molecule has 2 aromatic carbocycles. The molecule has 11 heteroatoms. The standard InChI is InChI=1S/C23H23N7O2S2/c24-22(33)29-26-12-16-6-1-3-10-20(16)31-14-18-8-5-9-19(28-18)15-32-21-11-4-2-7-17(21)13-27-30-23(25)34/h1-13H,14-15H2,(H3,24,29,33)(H3,25,30,34). The highest BCUT2D eigenvalue weighted by Crippen LogP contribution is 2.19. The maximum absolute atomic E-state index is 5.95. The molecule has 0 saturated carbocycles. The average molecular weight is 494 g/mol. The summed E-state index contributed by atoms with van der Waals surface area (Å²) in [5.41, 5.74) is 18.9. The Morgan fingerprint density at radius 1 is 0.735 bits per heavy atom. The number of para-hydroxylation sites is 2. The number of nitrogens with one attached hydrogen (secondary N) is 2. The van der Waals surface area contributed by atoms with Crippen molar-refractivity contribution < 1.29 is 9.47 Å². The van der Waals surface area contributed by atoms with Crippen molar-refractivity contribution in [2.45, 2.75) is 13.2 Å². The first kappa shape index (κ1) is 24.6. The van der Waals surface area contributed by atoms with Crippen molar-refractivity contribution in [1.82, 2.24) is 15.8 Å². The van der Waals surface area contributed by atoms with Gasteiger partial charge in [-0.05, 0) is 60.8 Å². The zero-order valence-electron chi connectivity index (χ0n) is 18.0. The number of aromatic nitrogens is 1. The molecule has 0 fully saturated rings. The summed E-state index contributed by atoms with van der Waals surface area (Å²) >= 11 is 9.49. The quantitative estimate of drug-likeness (QED) is 0.191. The molecule has 1 heterocycles. The van der Waals surface area contributed by atoms with Crippen LogP contribution in [-0.4, -0.2) is 27.6 Å². The fraction of sp³-hybridized carbons (Fsp3) is 0.0870. The van der Waals surface area contributed by atoms with Crippen LogP contribution in [0.1, 0.15) is 22.5 Å². The molecule has 9 nitrogen and oxygen atoms in total. The zero-order chi connectivity index (χ0) is 24.2. The molecule has 0 aliphatic carbocycles. The second kappa shape index (κ2) is 12.8. The molecule has 0 bridgehead atoms. The van der Waals surface area contributed by atoms with Gasteiger partial charge in [0.1, 0.15) is 24.7 Å². The highest BCUT2D eigenvalue weighted by atomic mass is 32.1. The van der Waals surface area contributed by atoms with E-state index in [1.807, 2.05) is 66.7 Å². The lowest BCUT2D eigenvalue weighted by atomic mass is 10.2.